The molecular formula is C30H37N5O5S. The summed E-state index contributed by atoms with van der Waals surface area (Å²) in [6.07, 6.45) is 0.961. The van der Waals surface area contributed by atoms with E-state index >= 15 is 0 Å². The van der Waals surface area contributed by atoms with E-state index in [1.54, 1.807) is 34.8 Å². The molecule has 0 aliphatic rings. The van der Waals surface area contributed by atoms with E-state index in [2.05, 4.69) is 20.6 Å². The van der Waals surface area contributed by atoms with Gasteiger partial charge in [-0.2, -0.15) is 0 Å². The number of hydrogen-bond donors (Lipinski definition) is 3. The van der Waals surface area contributed by atoms with Crippen LogP contribution in [0.3, 0.4) is 0 Å². The van der Waals surface area contributed by atoms with Gasteiger partial charge >= 0.3 is 6.09 Å². The summed E-state index contributed by atoms with van der Waals surface area (Å²) in [5.74, 6) is 0.296. The van der Waals surface area contributed by atoms with Crippen LogP contribution in [0.1, 0.15) is 59.9 Å². The fourth-order valence-electron chi connectivity index (χ4n) is 4.36. The fourth-order valence-corrected chi connectivity index (χ4v) is 4.86. The van der Waals surface area contributed by atoms with Crippen LogP contribution in [0.2, 0.25) is 0 Å². The summed E-state index contributed by atoms with van der Waals surface area (Å²) < 4.78 is 11.3. The van der Waals surface area contributed by atoms with E-state index in [9.17, 15) is 14.7 Å². The third-order valence-corrected chi connectivity index (χ3v) is 7.87. The number of aliphatic hydroxyl groups is 1. The van der Waals surface area contributed by atoms with Crippen molar-refractivity contribution in [1.29, 1.82) is 0 Å². The molecule has 2 aromatic heterocycles. The summed E-state index contributed by atoms with van der Waals surface area (Å²) in [5, 5.41) is 17.4. The number of alkyl carbamates (subject to hydrolysis) is 1. The first kappa shape index (κ1) is 30.2. The minimum absolute atomic E-state index is 0.0109. The van der Waals surface area contributed by atoms with Gasteiger partial charge < -0.3 is 29.8 Å². The number of carbonyl (C=O) groups excluding carboxylic acids is 2. The summed E-state index contributed by atoms with van der Waals surface area (Å²) in [5.41, 5.74) is 4.22. The van der Waals surface area contributed by atoms with Gasteiger partial charge in [0.1, 0.15) is 12.1 Å². The molecule has 0 aliphatic carbocycles. The van der Waals surface area contributed by atoms with Crippen molar-refractivity contribution in [3.63, 3.8) is 0 Å². The van der Waals surface area contributed by atoms with Crippen LogP contribution >= 0.6 is 11.3 Å². The lowest BCUT2D eigenvalue weighted by Crippen LogP contribution is -2.52. The molecule has 4 aromatic rings. The third kappa shape index (κ3) is 7.90. The highest BCUT2D eigenvalue weighted by Gasteiger charge is 2.29. The Balaban J connectivity index is 1.52. The monoisotopic (exact) mass is 579 g/mol. The van der Waals surface area contributed by atoms with E-state index < -0.39 is 18.2 Å². The van der Waals surface area contributed by atoms with Crippen molar-refractivity contribution < 1.29 is 23.8 Å². The predicted molar refractivity (Wildman–Crippen MR) is 158 cm³/mol. The minimum atomic E-state index is -1.07. The van der Waals surface area contributed by atoms with Gasteiger partial charge in [0.15, 0.2) is 5.58 Å². The summed E-state index contributed by atoms with van der Waals surface area (Å²) in [4.78, 5) is 37.4. The molecule has 0 saturated heterocycles. The molecule has 2 aromatic carbocycles. The molecule has 0 aliphatic heterocycles. The van der Waals surface area contributed by atoms with E-state index in [1.165, 1.54) is 11.3 Å². The smallest absolute Gasteiger partial charge is 0.407 e. The second-order valence-electron chi connectivity index (χ2n) is 10.0. The highest BCUT2D eigenvalue weighted by atomic mass is 32.1. The molecule has 3 N–H and O–H groups in total. The molecular weight excluding hydrogens is 542 g/mol. The third-order valence-electron chi connectivity index (χ3n) is 7.12. The zero-order valence-electron chi connectivity index (χ0n) is 23.7. The number of oxazole rings is 1. The van der Waals surface area contributed by atoms with Gasteiger partial charge in [0.2, 0.25) is 5.89 Å². The average Bonchev–Trinajstić information content (AvgIpc) is 3.67. The van der Waals surface area contributed by atoms with Crippen molar-refractivity contribution in [3.05, 3.63) is 82.1 Å². The molecule has 41 heavy (non-hydrogen) atoms. The van der Waals surface area contributed by atoms with Crippen LogP contribution < -0.4 is 10.6 Å². The van der Waals surface area contributed by atoms with Crippen LogP contribution in [0.25, 0.3) is 11.1 Å². The number of benzene rings is 2. The Hall–Kier alpha value is -3.80. The Morgan fingerprint density at radius 2 is 1.95 bits per heavy atom. The molecule has 0 fully saturated rings. The molecule has 0 spiro atoms. The molecule has 4 rings (SSSR count). The lowest BCUT2D eigenvalue weighted by atomic mass is 10.00. The molecule has 3 unspecified atom stereocenters. The molecule has 4 atom stereocenters. The number of aliphatic hydroxyl groups excluding tert-OH is 1. The SMILES string of the molecule is CCC(C)N(CC(O)[C@H](Cc1ccccc1)NC(=O)OCc1cncs1)C(=O)c1ccc2nc(C(C)NC)oc2c1. The van der Waals surface area contributed by atoms with Crippen molar-refractivity contribution in [2.75, 3.05) is 13.6 Å². The Kier molecular flexibility index (Phi) is 10.4. The number of nitrogens with one attached hydrogen (secondary N) is 2. The first-order valence-corrected chi connectivity index (χ1v) is 14.6. The van der Waals surface area contributed by atoms with Gasteiger partial charge in [-0.3, -0.25) is 9.78 Å². The van der Waals surface area contributed by atoms with Crippen molar-refractivity contribution in [1.82, 2.24) is 25.5 Å². The van der Waals surface area contributed by atoms with Gasteiger partial charge in [0.25, 0.3) is 5.91 Å². The van der Waals surface area contributed by atoms with Gasteiger partial charge in [0, 0.05) is 24.3 Å². The molecule has 10 nitrogen and oxygen atoms in total. The Bertz CT molecular complexity index is 1410. The molecule has 11 heteroatoms. The van der Waals surface area contributed by atoms with Crippen molar-refractivity contribution in [3.8, 4) is 0 Å². The van der Waals surface area contributed by atoms with Crippen molar-refractivity contribution >= 4 is 34.4 Å². The summed E-state index contributed by atoms with van der Waals surface area (Å²) >= 11 is 1.39. The minimum Gasteiger partial charge on any atom is -0.444 e. The normalized spacial score (nSPS) is 14.3. The van der Waals surface area contributed by atoms with Gasteiger partial charge in [-0.15, -0.1) is 11.3 Å². The standard InChI is InChI=1S/C30H37N5O5S/c1-5-19(2)35(29(37)22-11-12-24-27(14-22)40-28(33-24)20(3)31-4)16-26(36)25(13-21-9-7-6-8-10-21)34-30(38)39-17-23-15-32-18-41-23/h6-12,14-15,18-20,25-26,31,36H,5,13,16-17H2,1-4H3,(H,34,38)/t19?,20?,25-,26?/m0/s1. The first-order chi connectivity index (χ1) is 19.8. The maximum atomic E-state index is 13.8. The van der Waals surface area contributed by atoms with Gasteiger partial charge in [0.05, 0.1) is 28.6 Å². The zero-order valence-corrected chi connectivity index (χ0v) is 24.6. The van der Waals surface area contributed by atoms with E-state index in [0.717, 1.165) is 10.4 Å². The second-order valence-corrected chi connectivity index (χ2v) is 11.0. The Morgan fingerprint density at radius 3 is 2.63 bits per heavy atom. The van der Waals surface area contributed by atoms with E-state index in [1.807, 2.05) is 58.2 Å². The molecule has 218 valence electrons. The van der Waals surface area contributed by atoms with Crippen LogP contribution in [0.4, 0.5) is 4.79 Å². The number of nitrogens with zero attached hydrogens (tertiary/aromatic N) is 3. The van der Waals surface area contributed by atoms with Crippen molar-refractivity contribution in [2.24, 2.45) is 0 Å². The quantitative estimate of drug-likeness (QED) is 0.208. The predicted octanol–water partition coefficient (Wildman–Crippen LogP) is 4.70. The Labute approximate surface area is 243 Å². The van der Waals surface area contributed by atoms with Crippen molar-refractivity contribution in [2.45, 2.75) is 64.4 Å². The topological polar surface area (TPSA) is 130 Å². The molecule has 0 saturated carbocycles. The van der Waals surface area contributed by atoms with Gasteiger partial charge in [-0.1, -0.05) is 37.3 Å². The molecule has 2 amide bonds. The highest BCUT2D eigenvalue weighted by Crippen LogP contribution is 2.23. The lowest BCUT2D eigenvalue weighted by Gasteiger charge is -2.33. The van der Waals surface area contributed by atoms with Crippen LogP contribution in [0, 0.1) is 0 Å². The average molecular weight is 580 g/mol. The van der Waals surface area contributed by atoms with E-state index in [0.29, 0.717) is 35.4 Å². The number of carbonyl (C=O) groups is 2. The summed E-state index contributed by atoms with van der Waals surface area (Å²) in [6.45, 7) is 5.96. The van der Waals surface area contributed by atoms with Gasteiger partial charge in [-0.05, 0) is 57.5 Å². The number of rotatable bonds is 13. The number of thiazole rings is 1. The second kappa shape index (κ2) is 14.2. The first-order valence-electron chi connectivity index (χ1n) is 13.7. The molecule has 2 heterocycles. The van der Waals surface area contributed by atoms with E-state index in [4.69, 9.17) is 9.15 Å². The summed E-state index contributed by atoms with van der Waals surface area (Å²) in [7, 11) is 1.82. The maximum Gasteiger partial charge on any atom is 0.407 e. The van der Waals surface area contributed by atoms with E-state index in [-0.39, 0.29) is 31.1 Å². The number of amides is 2. The van der Waals surface area contributed by atoms with Crippen LogP contribution in [-0.4, -0.2) is 63.8 Å². The zero-order chi connectivity index (χ0) is 29.4. The highest BCUT2D eigenvalue weighted by molar-refractivity contribution is 7.09. The fraction of sp³-hybridized carbons (Fsp3) is 0.400. The Morgan fingerprint density at radius 1 is 1.17 bits per heavy atom. The van der Waals surface area contributed by atoms with Crippen LogP contribution in [0.5, 0.6) is 0 Å². The van der Waals surface area contributed by atoms with Gasteiger partial charge in [-0.25, -0.2) is 9.78 Å². The van der Waals surface area contributed by atoms with Crippen LogP contribution in [-0.2, 0) is 17.8 Å². The largest absolute Gasteiger partial charge is 0.444 e. The number of hydrogen-bond acceptors (Lipinski definition) is 9. The number of ether oxygens (including phenoxy) is 1. The number of aromatic nitrogens is 2. The lowest BCUT2D eigenvalue weighted by molar-refractivity contribution is 0.0424. The molecule has 0 bridgehead atoms. The molecule has 0 radical (unpaired) electrons. The summed E-state index contributed by atoms with van der Waals surface area (Å²) in [6, 6.07) is 13.8. The number of fused-ring (bicyclic) bond motifs is 1. The maximum absolute atomic E-state index is 13.8. The van der Waals surface area contributed by atoms with Crippen LogP contribution in [0.15, 0.2) is 64.7 Å².